The molecule has 1 aromatic carbocycles. The number of phenols is 1. The first kappa shape index (κ1) is 25.0. The Kier molecular flexibility index (Phi) is 15.5. The molecule has 0 saturated carbocycles. The standard InChI is InChI=1S/C26H41NO2/c1-2-3-4-5-6-7-8-9-10-11-12-13-14-15-16-17-26(29)27-23-22-24-18-20-25(28)21-19-24/h6-7,9-10,18-21,28H,2-5,8,11-17,22-23H2,1H3,(H,27,29)/b7-6+,10-9+. The molecule has 0 aliphatic carbocycles. The van der Waals surface area contributed by atoms with Crippen molar-refractivity contribution in [1.29, 1.82) is 0 Å². The van der Waals surface area contributed by atoms with E-state index in [1.165, 1.54) is 51.4 Å². The van der Waals surface area contributed by atoms with E-state index >= 15 is 0 Å². The second-order valence-corrected chi connectivity index (χ2v) is 7.75. The van der Waals surface area contributed by atoms with Gasteiger partial charge in [-0.3, -0.25) is 4.79 Å². The molecule has 0 bridgehead atoms. The average molecular weight is 400 g/mol. The molecule has 0 aliphatic rings. The Morgan fingerprint density at radius 3 is 2.17 bits per heavy atom. The van der Waals surface area contributed by atoms with Crippen LogP contribution < -0.4 is 5.32 Å². The first-order chi connectivity index (χ1) is 14.2. The van der Waals surface area contributed by atoms with E-state index in [1.807, 2.05) is 12.1 Å². The number of amides is 1. The number of rotatable bonds is 17. The third kappa shape index (κ3) is 15.6. The maximum Gasteiger partial charge on any atom is 0.220 e. The predicted octanol–water partition coefficient (Wildman–Crippen LogP) is 6.86. The molecule has 0 aliphatic heterocycles. The summed E-state index contributed by atoms with van der Waals surface area (Å²) in [6.45, 7) is 2.90. The van der Waals surface area contributed by atoms with Gasteiger partial charge in [0.05, 0.1) is 0 Å². The fourth-order valence-corrected chi connectivity index (χ4v) is 3.19. The lowest BCUT2D eigenvalue weighted by Crippen LogP contribution is -2.25. The van der Waals surface area contributed by atoms with E-state index in [9.17, 15) is 9.90 Å². The van der Waals surface area contributed by atoms with Crippen LogP contribution >= 0.6 is 0 Å². The minimum Gasteiger partial charge on any atom is -0.508 e. The van der Waals surface area contributed by atoms with Crippen LogP contribution in [-0.4, -0.2) is 17.6 Å². The number of phenolic OH excluding ortho intramolecular Hbond substituents is 1. The molecule has 0 spiro atoms. The minimum atomic E-state index is 0.148. The Morgan fingerprint density at radius 1 is 0.862 bits per heavy atom. The molecule has 162 valence electrons. The van der Waals surface area contributed by atoms with Crippen LogP contribution in [0.5, 0.6) is 5.75 Å². The highest BCUT2D eigenvalue weighted by atomic mass is 16.3. The van der Waals surface area contributed by atoms with Crippen LogP contribution in [0.4, 0.5) is 0 Å². The molecule has 0 heterocycles. The fourth-order valence-electron chi connectivity index (χ4n) is 3.19. The van der Waals surface area contributed by atoms with Gasteiger partial charge in [-0.25, -0.2) is 0 Å². The highest BCUT2D eigenvalue weighted by Crippen LogP contribution is 2.10. The summed E-state index contributed by atoms with van der Waals surface area (Å²) in [5.74, 6) is 0.425. The van der Waals surface area contributed by atoms with E-state index < -0.39 is 0 Å². The fraction of sp³-hybridized carbons (Fsp3) is 0.577. The van der Waals surface area contributed by atoms with Gasteiger partial charge in [-0.05, 0) is 62.6 Å². The second kappa shape index (κ2) is 18.0. The van der Waals surface area contributed by atoms with Gasteiger partial charge in [0.1, 0.15) is 5.75 Å². The van der Waals surface area contributed by atoms with E-state index in [2.05, 4.69) is 36.5 Å². The smallest absolute Gasteiger partial charge is 0.220 e. The SMILES string of the molecule is CCCCC/C=C/C/C=C/CCCCCCCC(=O)NCCc1ccc(O)cc1. The van der Waals surface area contributed by atoms with Crippen molar-refractivity contribution >= 4 is 5.91 Å². The molecule has 29 heavy (non-hydrogen) atoms. The van der Waals surface area contributed by atoms with Gasteiger partial charge in [0, 0.05) is 13.0 Å². The Hall–Kier alpha value is -2.03. The zero-order valence-corrected chi connectivity index (χ0v) is 18.4. The van der Waals surface area contributed by atoms with Gasteiger partial charge in [0.2, 0.25) is 5.91 Å². The van der Waals surface area contributed by atoms with Crippen LogP contribution in [0.1, 0.15) is 89.5 Å². The Labute approximate surface area is 178 Å². The molecule has 2 N–H and O–H groups in total. The van der Waals surface area contributed by atoms with Gasteiger partial charge in [-0.1, -0.05) is 75.5 Å². The predicted molar refractivity (Wildman–Crippen MR) is 124 cm³/mol. The van der Waals surface area contributed by atoms with Crippen LogP contribution in [0.25, 0.3) is 0 Å². The van der Waals surface area contributed by atoms with Crippen molar-refractivity contribution in [2.75, 3.05) is 6.54 Å². The molecule has 0 atom stereocenters. The average Bonchev–Trinajstić information content (AvgIpc) is 2.72. The van der Waals surface area contributed by atoms with Gasteiger partial charge in [0.25, 0.3) is 0 Å². The van der Waals surface area contributed by atoms with E-state index in [0.29, 0.717) is 13.0 Å². The van der Waals surface area contributed by atoms with Crippen LogP contribution in [0.2, 0.25) is 0 Å². The van der Waals surface area contributed by atoms with Crippen molar-refractivity contribution in [3.8, 4) is 5.75 Å². The Bertz CT molecular complexity index is 575. The zero-order valence-electron chi connectivity index (χ0n) is 18.4. The molecule has 3 heteroatoms. The Balaban J connectivity index is 1.86. The molecule has 0 radical (unpaired) electrons. The highest BCUT2D eigenvalue weighted by molar-refractivity contribution is 5.75. The number of allylic oxidation sites excluding steroid dienone is 4. The van der Waals surface area contributed by atoms with Crippen LogP contribution in [0, 0.1) is 0 Å². The summed E-state index contributed by atoms with van der Waals surface area (Å²) in [7, 11) is 0. The van der Waals surface area contributed by atoms with Crippen molar-refractivity contribution in [3.05, 3.63) is 54.1 Å². The lowest BCUT2D eigenvalue weighted by Gasteiger charge is -2.06. The van der Waals surface area contributed by atoms with E-state index in [-0.39, 0.29) is 11.7 Å². The van der Waals surface area contributed by atoms with Gasteiger partial charge < -0.3 is 10.4 Å². The van der Waals surface area contributed by atoms with E-state index in [4.69, 9.17) is 0 Å². The normalized spacial score (nSPS) is 11.5. The summed E-state index contributed by atoms with van der Waals surface area (Å²) in [5, 5.41) is 12.2. The minimum absolute atomic E-state index is 0.148. The van der Waals surface area contributed by atoms with Crippen LogP contribution in [0.3, 0.4) is 0 Å². The molecule has 0 aromatic heterocycles. The lowest BCUT2D eigenvalue weighted by atomic mass is 10.1. The maximum atomic E-state index is 11.9. The number of nitrogens with one attached hydrogen (secondary N) is 1. The first-order valence-electron chi connectivity index (χ1n) is 11.6. The second-order valence-electron chi connectivity index (χ2n) is 7.75. The summed E-state index contributed by atoms with van der Waals surface area (Å²) in [5.41, 5.74) is 1.13. The molecule has 0 saturated heterocycles. The third-order valence-electron chi connectivity index (χ3n) is 5.03. The van der Waals surface area contributed by atoms with E-state index in [0.717, 1.165) is 31.2 Å². The number of benzene rings is 1. The molecule has 0 unspecified atom stereocenters. The van der Waals surface area contributed by atoms with Gasteiger partial charge in [-0.2, -0.15) is 0 Å². The van der Waals surface area contributed by atoms with Crippen molar-refractivity contribution in [3.63, 3.8) is 0 Å². The summed E-state index contributed by atoms with van der Waals surface area (Å²) in [4.78, 5) is 11.9. The van der Waals surface area contributed by atoms with Gasteiger partial charge in [0.15, 0.2) is 0 Å². The molecular weight excluding hydrogens is 358 g/mol. The van der Waals surface area contributed by atoms with Crippen LogP contribution in [-0.2, 0) is 11.2 Å². The molecule has 1 rings (SSSR count). The Morgan fingerprint density at radius 2 is 1.48 bits per heavy atom. The molecule has 0 fully saturated rings. The zero-order chi connectivity index (χ0) is 21.0. The monoisotopic (exact) mass is 399 g/mol. The number of aromatic hydroxyl groups is 1. The van der Waals surface area contributed by atoms with Gasteiger partial charge in [-0.15, -0.1) is 0 Å². The van der Waals surface area contributed by atoms with Crippen LogP contribution in [0.15, 0.2) is 48.6 Å². The number of carbonyl (C=O) groups excluding carboxylic acids is 1. The maximum absolute atomic E-state index is 11.9. The first-order valence-corrected chi connectivity index (χ1v) is 11.6. The molecule has 1 amide bonds. The summed E-state index contributed by atoms with van der Waals surface area (Å²) in [6, 6.07) is 7.14. The number of hydrogen-bond acceptors (Lipinski definition) is 2. The summed E-state index contributed by atoms with van der Waals surface area (Å²) < 4.78 is 0. The lowest BCUT2D eigenvalue weighted by molar-refractivity contribution is -0.121. The largest absolute Gasteiger partial charge is 0.508 e. The topological polar surface area (TPSA) is 49.3 Å². The number of unbranched alkanes of at least 4 members (excludes halogenated alkanes) is 8. The van der Waals surface area contributed by atoms with Crippen molar-refractivity contribution in [1.82, 2.24) is 5.32 Å². The van der Waals surface area contributed by atoms with Crippen molar-refractivity contribution in [2.45, 2.75) is 90.4 Å². The molecule has 1 aromatic rings. The number of hydrogen-bond donors (Lipinski definition) is 2. The van der Waals surface area contributed by atoms with Crippen molar-refractivity contribution in [2.24, 2.45) is 0 Å². The quantitative estimate of drug-likeness (QED) is 0.222. The number of carbonyl (C=O) groups is 1. The molecular formula is C26H41NO2. The highest BCUT2D eigenvalue weighted by Gasteiger charge is 2.01. The van der Waals surface area contributed by atoms with E-state index in [1.54, 1.807) is 12.1 Å². The third-order valence-corrected chi connectivity index (χ3v) is 5.03. The van der Waals surface area contributed by atoms with Crippen molar-refractivity contribution < 1.29 is 9.90 Å². The summed E-state index contributed by atoms with van der Waals surface area (Å²) in [6.07, 6.45) is 23.8. The summed E-state index contributed by atoms with van der Waals surface area (Å²) >= 11 is 0. The van der Waals surface area contributed by atoms with Gasteiger partial charge >= 0.3 is 0 Å². The molecule has 3 nitrogen and oxygen atoms in total.